The van der Waals surface area contributed by atoms with Gasteiger partial charge in [-0.15, -0.1) is 0 Å². The van der Waals surface area contributed by atoms with E-state index >= 15 is 0 Å². The van der Waals surface area contributed by atoms with Gasteiger partial charge in [-0.1, -0.05) is 6.07 Å². The lowest BCUT2D eigenvalue weighted by Gasteiger charge is -2.44. The van der Waals surface area contributed by atoms with Crippen LogP contribution in [0.3, 0.4) is 0 Å². The molecule has 4 rings (SSSR count). The second-order valence-corrected chi connectivity index (χ2v) is 9.50. The van der Waals surface area contributed by atoms with Crippen molar-refractivity contribution in [2.24, 2.45) is 5.92 Å². The molecule has 3 fully saturated rings. The van der Waals surface area contributed by atoms with E-state index in [9.17, 15) is 49.4 Å². The highest BCUT2D eigenvalue weighted by Crippen LogP contribution is 2.45. The number of amides is 1. The molecule has 0 aromatic heterocycles. The molecule has 3 aliphatic rings. The van der Waals surface area contributed by atoms with Gasteiger partial charge in [0.1, 0.15) is 0 Å². The number of piperazine rings is 1. The van der Waals surface area contributed by atoms with Crippen LogP contribution in [-0.2, 0) is 17.5 Å². The number of nitrogens with zero attached hydrogens (tertiary/aromatic N) is 3. The predicted molar refractivity (Wildman–Crippen MR) is 111 cm³/mol. The minimum atomic E-state index is -5.82. The lowest BCUT2D eigenvalue weighted by Crippen LogP contribution is -2.62. The number of halogens is 9. The summed E-state index contributed by atoms with van der Waals surface area (Å²) in [6, 6.07) is 0.877. The van der Waals surface area contributed by atoms with E-state index in [4.69, 9.17) is 4.74 Å². The van der Waals surface area contributed by atoms with Crippen molar-refractivity contribution >= 4 is 11.8 Å². The Balaban J connectivity index is 1.68. The maximum atomic E-state index is 14.0. The molecule has 1 aromatic carbocycles. The average molecular weight is 549 g/mol. The summed E-state index contributed by atoms with van der Waals surface area (Å²) < 4.78 is 128. The Kier molecular flexibility index (Phi) is 7.25. The Bertz CT molecular complexity index is 972. The molecule has 3 unspecified atom stereocenters. The molecule has 2 bridgehead atoms. The van der Waals surface area contributed by atoms with Gasteiger partial charge in [-0.3, -0.25) is 4.90 Å². The van der Waals surface area contributed by atoms with E-state index in [0.29, 0.717) is 13.1 Å². The first-order chi connectivity index (χ1) is 17.1. The van der Waals surface area contributed by atoms with Gasteiger partial charge < -0.3 is 19.6 Å². The Morgan fingerprint density at radius 1 is 0.946 bits per heavy atom. The molecule has 1 amide bonds. The molecule has 1 aromatic rings. The van der Waals surface area contributed by atoms with Crippen molar-refractivity contribution in [1.82, 2.24) is 9.80 Å². The number of fused-ring (bicyclic) bond motifs is 2. The lowest BCUT2D eigenvalue weighted by molar-refractivity contribution is -0.300. The molecular formula is C22H24F9N3O3. The molecule has 208 valence electrons. The molecule has 6 nitrogen and oxygen atoms in total. The number of carboxylic acid groups (broad SMARTS) is 1. The lowest BCUT2D eigenvalue weighted by atomic mass is 9.93. The summed E-state index contributed by atoms with van der Waals surface area (Å²) in [5.41, 5.74) is -1.16. The van der Waals surface area contributed by atoms with Crippen LogP contribution in [0, 0.1) is 5.92 Å². The number of hydrogen-bond acceptors (Lipinski definition) is 4. The van der Waals surface area contributed by atoms with Gasteiger partial charge in [0.05, 0.1) is 23.8 Å². The second-order valence-electron chi connectivity index (χ2n) is 9.50. The fourth-order valence-corrected chi connectivity index (χ4v) is 5.50. The summed E-state index contributed by atoms with van der Waals surface area (Å²) in [6.45, 7) is -2.13. The van der Waals surface area contributed by atoms with Gasteiger partial charge in [-0.25, -0.2) is 4.79 Å². The fourth-order valence-electron chi connectivity index (χ4n) is 5.50. The van der Waals surface area contributed by atoms with Crippen molar-refractivity contribution in [1.29, 1.82) is 0 Å². The number of hydrogen-bond donors (Lipinski definition) is 1. The van der Waals surface area contributed by atoms with E-state index in [1.807, 2.05) is 0 Å². The summed E-state index contributed by atoms with van der Waals surface area (Å²) in [5, 5.41) is 9.29. The van der Waals surface area contributed by atoms with Crippen LogP contribution in [0.25, 0.3) is 0 Å². The highest BCUT2D eigenvalue weighted by molar-refractivity contribution is 5.66. The number of alkyl halides is 9. The van der Waals surface area contributed by atoms with Gasteiger partial charge in [-0.2, -0.15) is 39.5 Å². The molecule has 0 saturated carbocycles. The first-order valence-corrected chi connectivity index (χ1v) is 11.5. The normalized spacial score (nSPS) is 25.7. The number of anilines is 1. The van der Waals surface area contributed by atoms with Crippen LogP contribution < -0.4 is 4.90 Å². The van der Waals surface area contributed by atoms with E-state index in [2.05, 4.69) is 0 Å². The van der Waals surface area contributed by atoms with Crippen molar-refractivity contribution in [2.75, 3.05) is 37.6 Å². The van der Waals surface area contributed by atoms with E-state index in [-0.39, 0.29) is 34.9 Å². The van der Waals surface area contributed by atoms with Crippen LogP contribution in [-0.4, -0.2) is 84.3 Å². The second kappa shape index (κ2) is 9.71. The zero-order valence-electron chi connectivity index (χ0n) is 19.2. The molecule has 1 N–H and O–H groups in total. The molecule has 0 aliphatic carbocycles. The first-order valence-electron chi connectivity index (χ1n) is 11.5. The molecule has 3 aliphatic heterocycles. The molecule has 15 heteroatoms. The SMILES string of the molecule is O=C(O)N1CCN(Cc2c(N3CC4CCC(C3)O4)cccc2C(F)(F)F)CC1C(C(F)(F)F)C(F)(F)F. The van der Waals surface area contributed by atoms with Crippen molar-refractivity contribution in [3.05, 3.63) is 29.3 Å². The van der Waals surface area contributed by atoms with Crippen LogP contribution in [0.4, 0.5) is 50.0 Å². The third kappa shape index (κ3) is 5.86. The first kappa shape index (κ1) is 27.6. The van der Waals surface area contributed by atoms with Crippen LogP contribution in [0.2, 0.25) is 0 Å². The maximum Gasteiger partial charge on any atom is 0.416 e. The number of rotatable bonds is 4. The van der Waals surface area contributed by atoms with Crippen LogP contribution in [0.1, 0.15) is 24.0 Å². The largest absolute Gasteiger partial charge is 0.465 e. The van der Waals surface area contributed by atoms with Crippen molar-refractivity contribution < 1.29 is 54.2 Å². The minimum absolute atomic E-state index is 0.0678. The van der Waals surface area contributed by atoms with Gasteiger partial charge in [0.2, 0.25) is 0 Å². The smallest absolute Gasteiger partial charge is 0.416 e. The van der Waals surface area contributed by atoms with Crippen molar-refractivity contribution in [3.63, 3.8) is 0 Å². The minimum Gasteiger partial charge on any atom is -0.465 e. The number of ether oxygens (including phenoxy) is 1. The number of carbonyl (C=O) groups is 1. The van der Waals surface area contributed by atoms with Gasteiger partial charge in [0.25, 0.3) is 0 Å². The summed E-state index contributed by atoms with van der Waals surface area (Å²) >= 11 is 0. The van der Waals surface area contributed by atoms with Crippen LogP contribution in [0.15, 0.2) is 18.2 Å². The highest BCUT2D eigenvalue weighted by atomic mass is 19.4. The van der Waals surface area contributed by atoms with Crippen LogP contribution >= 0.6 is 0 Å². The summed E-state index contributed by atoms with van der Waals surface area (Å²) in [5.74, 6) is -3.99. The maximum absolute atomic E-state index is 14.0. The molecule has 37 heavy (non-hydrogen) atoms. The molecular weight excluding hydrogens is 525 g/mol. The summed E-state index contributed by atoms with van der Waals surface area (Å²) in [7, 11) is 0. The fraction of sp³-hybridized carbons (Fsp3) is 0.682. The molecule has 3 saturated heterocycles. The standard InChI is InChI=1S/C22H24F9N3O3/c23-20(24,25)15-2-1-3-16(33-8-12-4-5-13(9-33)37-12)14(15)10-32-6-7-34(19(35)36)17(11-32)18(21(26,27)28)22(29,30)31/h1-3,12-13,17-18H,4-11H2,(H,35,36). The van der Waals surface area contributed by atoms with Gasteiger partial charge in [0, 0.05) is 50.5 Å². The Morgan fingerprint density at radius 3 is 2.05 bits per heavy atom. The predicted octanol–water partition coefficient (Wildman–Crippen LogP) is 4.98. The van der Waals surface area contributed by atoms with E-state index < -0.39 is 61.8 Å². The summed E-state index contributed by atoms with van der Waals surface area (Å²) in [6.07, 6.45) is -17.4. The highest BCUT2D eigenvalue weighted by Gasteiger charge is 2.62. The monoisotopic (exact) mass is 549 g/mol. The molecule has 3 heterocycles. The van der Waals surface area contributed by atoms with Gasteiger partial charge >= 0.3 is 24.6 Å². The quantitative estimate of drug-likeness (QED) is 0.538. The van der Waals surface area contributed by atoms with E-state index in [0.717, 1.165) is 23.8 Å². The molecule has 0 spiro atoms. The van der Waals surface area contributed by atoms with Gasteiger partial charge in [0.15, 0.2) is 5.92 Å². The molecule has 0 radical (unpaired) electrons. The molecule has 3 atom stereocenters. The third-order valence-corrected chi connectivity index (χ3v) is 7.06. The van der Waals surface area contributed by atoms with E-state index in [1.165, 1.54) is 12.1 Å². The zero-order valence-corrected chi connectivity index (χ0v) is 19.2. The topological polar surface area (TPSA) is 56.2 Å². The van der Waals surface area contributed by atoms with Crippen LogP contribution in [0.5, 0.6) is 0 Å². The Labute approximate surface area is 205 Å². The third-order valence-electron chi connectivity index (χ3n) is 7.06. The Morgan fingerprint density at radius 2 is 1.54 bits per heavy atom. The number of benzene rings is 1. The van der Waals surface area contributed by atoms with E-state index in [1.54, 1.807) is 4.90 Å². The van der Waals surface area contributed by atoms with Gasteiger partial charge in [-0.05, 0) is 25.0 Å². The Hall–Kier alpha value is -2.42. The van der Waals surface area contributed by atoms with Crippen molar-refractivity contribution in [3.8, 4) is 0 Å². The number of morpholine rings is 1. The zero-order chi connectivity index (χ0) is 27.3. The average Bonchev–Trinajstić information content (AvgIpc) is 3.08. The van der Waals surface area contributed by atoms with Crippen molar-refractivity contribution in [2.45, 2.75) is 56.2 Å². The summed E-state index contributed by atoms with van der Waals surface area (Å²) in [4.78, 5) is 14.3.